The number of Topliss-reactive ketones (excluding diaryl/α,β-unsaturated/α-hetero) is 1. The first-order chi connectivity index (χ1) is 8.54. The first-order valence-electron chi connectivity index (χ1n) is 6.11. The van der Waals surface area contributed by atoms with Crippen molar-refractivity contribution in [3.63, 3.8) is 0 Å². The van der Waals surface area contributed by atoms with Crippen LogP contribution in [0, 0.1) is 0 Å². The normalized spacial score (nSPS) is 10.7. The molecule has 0 amide bonds. The van der Waals surface area contributed by atoms with Crippen molar-refractivity contribution in [3.8, 4) is 5.75 Å². The van der Waals surface area contributed by atoms with E-state index in [1.54, 1.807) is 30.0 Å². The number of ketones is 1. The molecule has 18 heavy (non-hydrogen) atoms. The van der Waals surface area contributed by atoms with Crippen LogP contribution in [0.2, 0.25) is 5.02 Å². The fourth-order valence-electron chi connectivity index (χ4n) is 1.52. The zero-order chi connectivity index (χ0) is 13.5. The van der Waals surface area contributed by atoms with Gasteiger partial charge in [-0.05, 0) is 30.4 Å². The minimum Gasteiger partial charge on any atom is -0.493 e. The molecule has 0 unspecified atom stereocenters. The standard InChI is InChI=1S/C14H19ClO2S/c1-4-17-14-6-5-11(15)9-12(14)13(16)7-8-18-10(2)3/h5-6,9-10H,4,7-8H2,1-3H3. The van der Waals surface area contributed by atoms with Gasteiger partial charge in [-0.25, -0.2) is 0 Å². The second-order valence-electron chi connectivity index (χ2n) is 4.17. The van der Waals surface area contributed by atoms with Crippen LogP contribution in [0.15, 0.2) is 18.2 Å². The average Bonchev–Trinajstić information content (AvgIpc) is 2.31. The molecule has 2 nitrogen and oxygen atoms in total. The molecule has 0 atom stereocenters. The monoisotopic (exact) mass is 286 g/mol. The Balaban J connectivity index is 2.73. The Bertz CT molecular complexity index is 405. The Kier molecular flexibility index (Phi) is 6.58. The molecular weight excluding hydrogens is 268 g/mol. The number of rotatable bonds is 7. The van der Waals surface area contributed by atoms with Gasteiger partial charge < -0.3 is 4.74 Å². The summed E-state index contributed by atoms with van der Waals surface area (Å²) >= 11 is 7.72. The van der Waals surface area contributed by atoms with Gasteiger partial charge >= 0.3 is 0 Å². The molecule has 0 spiro atoms. The molecule has 0 saturated heterocycles. The van der Waals surface area contributed by atoms with E-state index >= 15 is 0 Å². The number of ether oxygens (including phenoxy) is 1. The summed E-state index contributed by atoms with van der Waals surface area (Å²) in [5.74, 6) is 1.55. The summed E-state index contributed by atoms with van der Waals surface area (Å²) in [7, 11) is 0. The molecule has 0 bridgehead atoms. The van der Waals surface area contributed by atoms with Crippen LogP contribution in [0.4, 0.5) is 0 Å². The van der Waals surface area contributed by atoms with Gasteiger partial charge in [0.25, 0.3) is 0 Å². The molecule has 0 radical (unpaired) electrons. The van der Waals surface area contributed by atoms with Gasteiger partial charge in [0.15, 0.2) is 5.78 Å². The Morgan fingerprint density at radius 2 is 2.17 bits per heavy atom. The van der Waals surface area contributed by atoms with E-state index in [1.165, 1.54) is 0 Å². The minimum atomic E-state index is 0.0918. The fraction of sp³-hybridized carbons (Fsp3) is 0.500. The van der Waals surface area contributed by atoms with E-state index < -0.39 is 0 Å². The van der Waals surface area contributed by atoms with E-state index in [-0.39, 0.29) is 5.78 Å². The molecule has 0 heterocycles. The van der Waals surface area contributed by atoms with Gasteiger partial charge in [-0.3, -0.25) is 4.79 Å². The lowest BCUT2D eigenvalue weighted by atomic mass is 10.1. The third kappa shape index (κ3) is 4.91. The van der Waals surface area contributed by atoms with Gasteiger partial charge in [-0.15, -0.1) is 0 Å². The van der Waals surface area contributed by atoms with Crippen LogP contribution in [-0.4, -0.2) is 23.4 Å². The van der Waals surface area contributed by atoms with Crippen molar-refractivity contribution in [1.82, 2.24) is 0 Å². The van der Waals surface area contributed by atoms with Crippen LogP contribution in [0.5, 0.6) is 5.75 Å². The first kappa shape index (κ1) is 15.4. The van der Waals surface area contributed by atoms with Gasteiger partial charge in [0.05, 0.1) is 12.2 Å². The molecule has 1 aromatic rings. The number of hydrogen-bond donors (Lipinski definition) is 0. The zero-order valence-corrected chi connectivity index (χ0v) is 12.6. The van der Waals surface area contributed by atoms with Crippen LogP contribution in [0.1, 0.15) is 37.6 Å². The van der Waals surface area contributed by atoms with Crippen LogP contribution in [0.25, 0.3) is 0 Å². The molecule has 0 aromatic heterocycles. The van der Waals surface area contributed by atoms with Crippen LogP contribution >= 0.6 is 23.4 Å². The molecule has 0 aliphatic heterocycles. The third-order valence-electron chi connectivity index (χ3n) is 2.32. The Morgan fingerprint density at radius 3 is 2.78 bits per heavy atom. The molecular formula is C14H19ClO2S. The quantitative estimate of drug-likeness (QED) is 0.693. The van der Waals surface area contributed by atoms with Crippen molar-refractivity contribution < 1.29 is 9.53 Å². The lowest BCUT2D eigenvalue weighted by Crippen LogP contribution is -2.06. The number of halogens is 1. The molecule has 0 saturated carbocycles. The summed E-state index contributed by atoms with van der Waals surface area (Å²) in [6.45, 7) is 6.69. The second-order valence-corrected chi connectivity index (χ2v) is 6.29. The molecule has 0 aliphatic rings. The van der Waals surface area contributed by atoms with Crippen molar-refractivity contribution in [1.29, 1.82) is 0 Å². The predicted octanol–water partition coefficient (Wildman–Crippen LogP) is 4.45. The maximum absolute atomic E-state index is 12.1. The number of carbonyl (C=O) groups excluding carboxylic acids is 1. The fourth-order valence-corrected chi connectivity index (χ4v) is 2.47. The van der Waals surface area contributed by atoms with E-state index in [1.807, 2.05) is 6.92 Å². The van der Waals surface area contributed by atoms with Crippen molar-refractivity contribution in [2.45, 2.75) is 32.4 Å². The molecule has 1 rings (SSSR count). The predicted molar refractivity (Wildman–Crippen MR) is 79.2 cm³/mol. The first-order valence-corrected chi connectivity index (χ1v) is 7.54. The van der Waals surface area contributed by atoms with E-state index in [0.717, 1.165) is 5.75 Å². The number of hydrogen-bond acceptors (Lipinski definition) is 3. The van der Waals surface area contributed by atoms with Crippen LogP contribution < -0.4 is 4.74 Å². The Hall–Kier alpha value is -0.670. The van der Waals surface area contributed by atoms with Gasteiger partial charge in [-0.1, -0.05) is 25.4 Å². The minimum absolute atomic E-state index is 0.0918. The summed E-state index contributed by atoms with van der Waals surface area (Å²) in [5, 5.41) is 1.11. The SMILES string of the molecule is CCOc1ccc(Cl)cc1C(=O)CCSC(C)C. The Morgan fingerprint density at radius 1 is 1.44 bits per heavy atom. The van der Waals surface area contributed by atoms with Crippen molar-refractivity contribution in [3.05, 3.63) is 28.8 Å². The molecule has 0 N–H and O–H groups in total. The molecule has 1 aromatic carbocycles. The highest BCUT2D eigenvalue weighted by Crippen LogP contribution is 2.25. The largest absolute Gasteiger partial charge is 0.493 e. The van der Waals surface area contributed by atoms with E-state index in [9.17, 15) is 4.79 Å². The molecule has 4 heteroatoms. The number of thioether (sulfide) groups is 1. The maximum atomic E-state index is 12.1. The highest BCUT2D eigenvalue weighted by molar-refractivity contribution is 7.99. The lowest BCUT2D eigenvalue weighted by Gasteiger charge is -2.10. The third-order valence-corrected chi connectivity index (χ3v) is 3.66. The van der Waals surface area contributed by atoms with E-state index in [4.69, 9.17) is 16.3 Å². The number of carbonyl (C=O) groups is 1. The summed E-state index contributed by atoms with van der Waals surface area (Å²) in [5.41, 5.74) is 0.591. The summed E-state index contributed by atoms with van der Waals surface area (Å²) in [6, 6.07) is 5.19. The van der Waals surface area contributed by atoms with Crippen LogP contribution in [0.3, 0.4) is 0 Å². The second kappa shape index (κ2) is 7.70. The summed E-state index contributed by atoms with van der Waals surface area (Å²) < 4.78 is 5.45. The molecule has 0 aliphatic carbocycles. The maximum Gasteiger partial charge on any atom is 0.167 e. The zero-order valence-electron chi connectivity index (χ0n) is 11.0. The summed E-state index contributed by atoms with van der Waals surface area (Å²) in [4.78, 5) is 12.1. The molecule has 0 fully saturated rings. The van der Waals surface area contributed by atoms with Gasteiger partial charge in [0, 0.05) is 17.2 Å². The average molecular weight is 287 g/mol. The number of benzene rings is 1. The van der Waals surface area contributed by atoms with Gasteiger partial charge in [0.1, 0.15) is 5.75 Å². The highest BCUT2D eigenvalue weighted by Gasteiger charge is 2.13. The van der Waals surface area contributed by atoms with Crippen LogP contribution in [-0.2, 0) is 0 Å². The molecule has 100 valence electrons. The van der Waals surface area contributed by atoms with Gasteiger partial charge in [-0.2, -0.15) is 11.8 Å². The summed E-state index contributed by atoms with van der Waals surface area (Å²) in [6.07, 6.45) is 0.517. The Labute approximate surface area is 118 Å². The smallest absolute Gasteiger partial charge is 0.167 e. The van der Waals surface area contributed by atoms with Gasteiger partial charge in [0.2, 0.25) is 0 Å². The topological polar surface area (TPSA) is 26.3 Å². The van der Waals surface area contributed by atoms with Crippen molar-refractivity contribution >= 4 is 29.1 Å². The van der Waals surface area contributed by atoms with Crippen molar-refractivity contribution in [2.75, 3.05) is 12.4 Å². The van der Waals surface area contributed by atoms with Crippen molar-refractivity contribution in [2.24, 2.45) is 0 Å². The lowest BCUT2D eigenvalue weighted by molar-refractivity contribution is 0.0986. The highest BCUT2D eigenvalue weighted by atomic mass is 35.5. The van der Waals surface area contributed by atoms with E-state index in [0.29, 0.717) is 34.6 Å². The van der Waals surface area contributed by atoms with E-state index in [2.05, 4.69) is 13.8 Å².